The molecule has 1 aromatic heterocycles. The lowest BCUT2D eigenvalue weighted by molar-refractivity contribution is 0.0831. The number of nitrogens with one attached hydrogen (secondary N) is 2. The van der Waals surface area contributed by atoms with Gasteiger partial charge >= 0.3 is 5.91 Å². The number of hydrogen-bond donors (Lipinski definition) is 2. The minimum absolute atomic E-state index is 0.00408. The quantitative estimate of drug-likeness (QED) is 0.506. The molecule has 168 valence electrons. The Morgan fingerprint density at radius 1 is 0.938 bits per heavy atom. The van der Waals surface area contributed by atoms with Crippen LogP contribution < -0.4 is 10.9 Å². The number of amides is 2. The number of carbonyl (C=O) groups excluding carboxylic acids is 2. The Bertz CT molecular complexity index is 1240. The van der Waals surface area contributed by atoms with Crippen molar-refractivity contribution in [3.63, 3.8) is 0 Å². The highest BCUT2D eigenvalue weighted by molar-refractivity contribution is 7.89. The van der Waals surface area contributed by atoms with E-state index in [0.29, 0.717) is 29.4 Å². The standard InChI is InChI=1S/C22H22ClN3O5S/c1-3-26(4-2)32(29,30)16-9-7-8-15(14-16)21(27)24-25-22(28)20-13-12-19(31-20)17-10-5-6-11-18(17)23/h5-14H,3-4H2,1-2H3,(H,24,27)(H,25,28). The van der Waals surface area contributed by atoms with Crippen LogP contribution >= 0.6 is 11.6 Å². The van der Waals surface area contributed by atoms with Crippen molar-refractivity contribution in [2.75, 3.05) is 13.1 Å². The lowest BCUT2D eigenvalue weighted by atomic mass is 10.2. The Hall–Kier alpha value is -3.14. The molecule has 0 unspecified atom stereocenters. The maximum absolute atomic E-state index is 12.7. The predicted octanol–water partition coefficient (Wildman–Crippen LogP) is 3.71. The summed E-state index contributed by atoms with van der Waals surface area (Å²) in [6.07, 6.45) is 0. The lowest BCUT2D eigenvalue weighted by Crippen LogP contribution is -2.41. The molecule has 10 heteroatoms. The number of carbonyl (C=O) groups is 2. The molecule has 0 saturated carbocycles. The van der Waals surface area contributed by atoms with Crippen LogP contribution in [0.25, 0.3) is 11.3 Å². The van der Waals surface area contributed by atoms with E-state index in [1.54, 1.807) is 44.2 Å². The van der Waals surface area contributed by atoms with Crippen molar-refractivity contribution in [2.24, 2.45) is 0 Å². The van der Waals surface area contributed by atoms with E-state index in [4.69, 9.17) is 16.0 Å². The molecule has 0 aliphatic carbocycles. The SMILES string of the molecule is CCN(CC)S(=O)(=O)c1cccc(C(=O)NNC(=O)c2ccc(-c3ccccc3Cl)o2)c1. The van der Waals surface area contributed by atoms with Gasteiger partial charge in [0.25, 0.3) is 5.91 Å². The van der Waals surface area contributed by atoms with Crippen molar-refractivity contribution in [3.05, 3.63) is 77.0 Å². The van der Waals surface area contributed by atoms with Gasteiger partial charge in [-0.3, -0.25) is 20.4 Å². The Morgan fingerprint density at radius 3 is 2.31 bits per heavy atom. The van der Waals surface area contributed by atoms with Gasteiger partial charge in [-0.1, -0.05) is 43.6 Å². The first-order valence-corrected chi connectivity index (χ1v) is 11.6. The fourth-order valence-electron chi connectivity index (χ4n) is 3.02. The van der Waals surface area contributed by atoms with E-state index in [1.807, 2.05) is 0 Å². The molecule has 0 fully saturated rings. The maximum atomic E-state index is 12.7. The molecule has 2 amide bonds. The number of rotatable bonds is 7. The van der Waals surface area contributed by atoms with Crippen molar-refractivity contribution in [1.82, 2.24) is 15.2 Å². The van der Waals surface area contributed by atoms with Gasteiger partial charge in [-0.15, -0.1) is 0 Å². The second-order valence-corrected chi connectivity index (χ2v) is 9.01. The summed E-state index contributed by atoms with van der Waals surface area (Å²) >= 11 is 6.14. The number of benzene rings is 2. The molecule has 0 aliphatic heterocycles. The van der Waals surface area contributed by atoms with Crippen LogP contribution in [-0.4, -0.2) is 37.6 Å². The van der Waals surface area contributed by atoms with E-state index >= 15 is 0 Å². The molecule has 0 spiro atoms. The summed E-state index contributed by atoms with van der Waals surface area (Å²) in [6, 6.07) is 15.7. The van der Waals surface area contributed by atoms with E-state index in [9.17, 15) is 18.0 Å². The molecule has 0 atom stereocenters. The highest BCUT2D eigenvalue weighted by Crippen LogP contribution is 2.29. The number of hydrogen-bond acceptors (Lipinski definition) is 5. The molecule has 1 heterocycles. The molecule has 0 bridgehead atoms. The van der Waals surface area contributed by atoms with Crippen LogP contribution in [0.15, 0.2) is 70.0 Å². The Morgan fingerprint density at radius 2 is 1.62 bits per heavy atom. The van der Waals surface area contributed by atoms with Crippen LogP contribution in [0.2, 0.25) is 5.02 Å². The smallest absolute Gasteiger partial charge is 0.305 e. The number of hydrazine groups is 1. The van der Waals surface area contributed by atoms with Gasteiger partial charge < -0.3 is 4.42 Å². The highest BCUT2D eigenvalue weighted by atomic mass is 35.5. The van der Waals surface area contributed by atoms with Gasteiger partial charge in [0, 0.05) is 24.2 Å². The molecule has 3 aromatic rings. The zero-order valence-electron chi connectivity index (χ0n) is 17.5. The topological polar surface area (TPSA) is 109 Å². The Labute approximate surface area is 191 Å². The predicted molar refractivity (Wildman–Crippen MR) is 121 cm³/mol. The molecule has 0 aliphatic rings. The summed E-state index contributed by atoms with van der Waals surface area (Å²) in [7, 11) is -3.72. The van der Waals surface area contributed by atoms with Crippen LogP contribution in [0.5, 0.6) is 0 Å². The average Bonchev–Trinajstić information content (AvgIpc) is 3.28. The highest BCUT2D eigenvalue weighted by Gasteiger charge is 2.23. The molecular formula is C22H22ClN3O5S. The van der Waals surface area contributed by atoms with Crippen LogP contribution in [0.3, 0.4) is 0 Å². The first-order chi connectivity index (χ1) is 15.3. The molecule has 2 aromatic carbocycles. The summed E-state index contributed by atoms with van der Waals surface area (Å²) in [5, 5.41) is 0.474. The summed E-state index contributed by atoms with van der Waals surface area (Å²) in [5.41, 5.74) is 5.22. The van der Waals surface area contributed by atoms with Crippen LogP contribution in [0, 0.1) is 0 Å². The van der Waals surface area contributed by atoms with Crippen LogP contribution in [0.1, 0.15) is 34.8 Å². The summed E-state index contributed by atoms with van der Waals surface area (Å²) < 4.78 is 32.2. The molecule has 0 saturated heterocycles. The number of halogens is 1. The first kappa shape index (κ1) is 23.5. The summed E-state index contributed by atoms with van der Waals surface area (Å²) in [4.78, 5) is 24.8. The molecule has 0 radical (unpaired) electrons. The minimum Gasteiger partial charge on any atom is -0.451 e. The molecule has 8 nitrogen and oxygen atoms in total. The summed E-state index contributed by atoms with van der Waals surface area (Å²) in [5.74, 6) is -0.976. The number of sulfonamides is 1. The van der Waals surface area contributed by atoms with Crippen molar-refractivity contribution in [3.8, 4) is 11.3 Å². The van der Waals surface area contributed by atoms with Crippen molar-refractivity contribution in [1.29, 1.82) is 0 Å². The average molecular weight is 476 g/mol. The second-order valence-electron chi connectivity index (χ2n) is 6.67. The largest absolute Gasteiger partial charge is 0.451 e. The van der Waals surface area contributed by atoms with Gasteiger partial charge in [0.2, 0.25) is 10.0 Å². The molecule has 32 heavy (non-hydrogen) atoms. The molecule has 3 rings (SSSR count). The van der Waals surface area contributed by atoms with Gasteiger partial charge in [0.15, 0.2) is 5.76 Å². The zero-order valence-corrected chi connectivity index (χ0v) is 19.0. The third-order valence-corrected chi connectivity index (χ3v) is 7.07. The zero-order chi connectivity index (χ0) is 23.3. The number of nitrogens with zero attached hydrogens (tertiary/aromatic N) is 1. The second kappa shape index (κ2) is 9.99. The van der Waals surface area contributed by atoms with Gasteiger partial charge in [0.1, 0.15) is 5.76 Å². The van der Waals surface area contributed by atoms with E-state index < -0.39 is 21.8 Å². The van der Waals surface area contributed by atoms with Gasteiger partial charge in [-0.25, -0.2) is 8.42 Å². The Kier molecular flexibility index (Phi) is 7.34. The normalized spacial score (nSPS) is 11.4. The van der Waals surface area contributed by atoms with Crippen LogP contribution in [0.4, 0.5) is 0 Å². The van der Waals surface area contributed by atoms with Crippen molar-refractivity contribution in [2.45, 2.75) is 18.7 Å². The molecule has 2 N–H and O–H groups in total. The molecular weight excluding hydrogens is 454 g/mol. The van der Waals surface area contributed by atoms with Crippen molar-refractivity contribution < 1.29 is 22.4 Å². The van der Waals surface area contributed by atoms with Crippen LogP contribution in [-0.2, 0) is 10.0 Å². The van der Waals surface area contributed by atoms with Gasteiger partial charge in [-0.05, 0) is 42.5 Å². The van der Waals surface area contributed by atoms with E-state index in [0.717, 1.165) is 0 Å². The van der Waals surface area contributed by atoms with E-state index in [1.165, 1.54) is 34.6 Å². The maximum Gasteiger partial charge on any atom is 0.305 e. The third kappa shape index (κ3) is 5.01. The van der Waals surface area contributed by atoms with E-state index in [-0.39, 0.29) is 16.2 Å². The summed E-state index contributed by atoms with van der Waals surface area (Å²) in [6.45, 7) is 4.09. The third-order valence-electron chi connectivity index (χ3n) is 4.70. The van der Waals surface area contributed by atoms with Crippen molar-refractivity contribution >= 4 is 33.4 Å². The fourth-order valence-corrected chi connectivity index (χ4v) is 4.76. The van der Waals surface area contributed by atoms with Gasteiger partial charge in [-0.2, -0.15) is 4.31 Å². The van der Waals surface area contributed by atoms with Gasteiger partial charge in [0.05, 0.1) is 9.92 Å². The number of furan rings is 1. The fraction of sp³-hybridized carbons (Fsp3) is 0.182. The Balaban J connectivity index is 1.69. The minimum atomic E-state index is -3.72. The van der Waals surface area contributed by atoms with E-state index in [2.05, 4.69) is 10.9 Å². The lowest BCUT2D eigenvalue weighted by Gasteiger charge is -2.18. The first-order valence-electron chi connectivity index (χ1n) is 9.83. The monoisotopic (exact) mass is 475 g/mol.